The number of guanidine groups is 1. The van der Waals surface area contributed by atoms with Gasteiger partial charge in [-0.25, -0.2) is 0 Å². The topological polar surface area (TPSA) is 46.1 Å². The lowest BCUT2D eigenvalue weighted by molar-refractivity contribution is 0.0511. The first kappa shape index (κ1) is 19.2. The highest BCUT2D eigenvalue weighted by molar-refractivity contribution is 5.79. The summed E-state index contributed by atoms with van der Waals surface area (Å²) in [6, 6.07) is 10.8. The van der Waals surface area contributed by atoms with E-state index >= 15 is 0 Å². The molecule has 1 saturated heterocycles. The van der Waals surface area contributed by atoms with Gasteiger partial charge in [-0.05, 0) is 37.2 Å². The van der Waals surface area contributed by atoms with Crippen molar-refractivity contribution in [3.8, 4) is 0 Å². The van der Waals surface area contributed by atoms with Gasteiger partial charge in [0, 0.05) is 52.4 Å². The number of aliphatic imine (C=N–C) groups is 1. The summed E-state index contributed by atoms with van der Waals surface area (Å²) in [4.78, 5) is 6.63. The second-order valence-electron chi connectivity index (χ2n) is 7.60. The Bertz CT molecular complexity index is 566. The van der Waals surface area contributed by atoms with Crippen molar-refractivity contribution in [1.29, 1.82) is 0 Å². The van der Waals surface area contributed by atoms with E-state index in [1.165, 1.54) is 18.4 Å². The van der Waals surface area contributed by atoms with Gasteiger partial charge >= 0.3 is 0 Å². The minimum Gasteiger partial charge on any atom is -0.381 e. The van der Waals surface area contributed by atoms with Gasteiger partial charge in [-0.15, -0.1) is 0 Å². The number of nitrogens with one attached hydrogen (secondary N) is 1. The minimum atomic E-state index is 0.110. The molecule has 0 radical (unpaired) electrons. The molecule has 2 fully saturated rings. The molecule has 1 aliphatic carbocycles. The largest absolute Gasteiger partial charge is 0.381 e. The van der Waals surface area contributed by atoms with E-state index in [4.69, 9.17) is 9.47 Å². The molecular formula is C21H33N3O2. The zero-order chi connectivity index (χ0) is 18.2. The van der Waals surface area contributed by atoms with E-state index in [2.05, 4.69) is 52.6 Å². The van der Waals surface area contributed by atoms with Gasteiger partial charge in [-0.1, -0.05) is 30.3 Å². The van der Waals surface area contributed by atoms with Gasteiger partial charge in [0.2, 0.25) is 0 Å². The summed E-state index contributed by atoms with van der Waals surface area (Å²) in [5.74, 6) is 1.75. The number of ether oxygens (including phenoxy) is 2. The molecule has 144 valence electrons. The third-order valence-corrected chi connectivity index (χ3v) is 5.62. The Kier molecular flexibility index (Phi) is 6.92. The fourth-order valence-corrected chi connectivity index (χ4v) is 3.60. The summed E-state index contributed by atoms with van der Waals surface area (Å²) in [7, 11) is 3.93. The number of hydrogen-bond donors (Lipinski definition) is 1. The highest BCUT2D eigenvalue weighted by atomic mass is 16.5. The number of rotatable bonds is 8. The standard InChI is InChI=1S/C21H33N3O2/c1-22-20(24(2)12-15-26-16-18-8-9-18)23-17-21(10-13-25-14-11-21)19-6-4-3-5-7-19/h3-7,18H,8-17H2,1-2H3,(H,22,23). The molecular weight excluding hydrogens is 326 g/mol. The van der Waals surface area contributed by atoms with Crippen molar-refractivity contribution in [3.05, 3.63) is 35.9 Å². The highest BCUT2D eigenvalue weighted by Crippen LogP contribution is 2.34. The molecule has 26 heavy (non-hydrogen) atoms. The molecule has 5 nitrogen and oxygen atoms in total. The lowest BCUT2D eigenvalue weighted by Crippen LogP contribution is -2.49. The van der Waals surface area contributed by atoms with Crippen molar-refractivity contribution in [2.75, 3.05) is 53.6 Å². The van der Waals surface area contributed by atoms with Crippen molar-refractivity contribution in [1.82, 2.24) is 10.2 Å². The Morgan fingerprint density at radius 2 is 2.00 bits per heavy atom. The van der Waals surface area contributed by atoms with Gasteiger partial charge in [0.25, 0.3) is 0 Å². The Morgan fingerprint density at radius 1 is 1.27 bits per heavy atom. The maximum atomic E-state index is 5.77. The van der Waals surface area contributed by atoms with E-state index in [9.17, 15) is 0 Å². The van der Waals surface area contributed by atoms with E-state index in [1.54, 1.807) is 0 Å². The van der Waals surface area contributed by atoms with Gasteiger partial charge in [-0.2, -0.15) is 0 Å². The van der Waals surface area contributed by atoms with Crippen LogP contribution >= 0.6 is 0 Å². The number of benzene rings is 1. The fraction of sp³-hybridized carbons (Fsp3) is 0.667. The van der Waals surface area contributed by atoms with Crippen LogP contribution in [-0.2, 0) is 14.9 Å². The second-order valence-corrected chi connectivity index (χ2v) is 7.60. The van der Waals surface area contributed by atoms with Crippen molar-refractivity contribution < 1.29 is 9.47 Å². The molecule has 1 N–H and O–H groups in total. The lowest BCUT2D eigenvalue weighted by Gasteiger charge is -2.39. The molecule has 0 bridgehead atoms. The SMILES string of the molecule is CN=C(NCC1(c2ccccc2)CCOCC1)N(C)CCOCC1CC1. The molecule has 0 aromatic heterocycles. The lowest BCUT2D eigenvalue weighted by atomic mass is 9.74. The Balaban J connectivity index is 1.54. The number of likely N-dealkylation sites (N-methyl/N-ethyl adjacent to an activating group) is 1. The van der Waals surface area contributed by atoms with Crippen LogP contribution < -0.4 is 5.32 Å². The van der Waals surface area contributed by atoms with E-state index in [-0.39, 0.29) is 5.41 Å². The van der Waals surface area contributed by atoms with Crippen LogP contribution in [0.5, 0.6) is 0 Å². The van der Waals surface area contributed by atoms with Crippen LogP contribution in [0.1, 0.15) is 31.2 Å². The molecule has 1 aromatic rings. The zero-order valence-corrected chi connectivity index (χ0v) is 16.2. The minimum absolute atomic E-state index is 0.110. The summed E-state index contributed by atoms with van der Waals surface area (Å²) >= 11 is 0. The van der Waals surface area contributed by atoms with Gasteiger partial charge < -0.3 is 19.7 Å². The fourth-order valence-electron chi connectivity index (χ4n) is 3.60. The Morgan fingerprint density at radius 3 is 2.65 bits per heavy atom. The molecule has 0 spiro atoms. The predicted octanol–water partition coefficient (Wildman–Crippen LogP) is 2.67. The van der Waals surface area contributed by atoms with Crippen molar-refractivity contribution in [2.24, 2.45) is 10.9 Å². The van der Waals surface area contributed by atoms with Crippen LogP contribution in [0, 0.1) is 5.92 Å². The van der Waals surface area contributed by atoms with E-state index in [0.717, 1.165) is 64.2 Å². The van der Waals surface area contributed by atoms with Crippen LogP contribution in [0.15, 0.2) is 35.3 Å². The number of nitrogens with zero attached hydrogens (tertiary/aromatic N) is 2. The zero-order valence-electron chi connectivity index (χ0n) is 16.2. The quantitative estimate of drug-likeness (QED) is 0.440. The highest BCUT2D eigenvalue weighted by Gasteiger charge is 2.34. The Hall–Kier alpha value is -1.59. The van der Waals surface area contributed by atoms with Crippen LogP contribution in [0.3, 0.4) is 0 Å². The summed E-state index contributed by atoms with van der Waals surface area (Å²) in [6.07, 6.45) is 4.75. The van der Waals surface area contributed by atoms with Crippen LogP contribution in [0.4, 0.5) is 0 Å². The first-order valence-electron chi connectivity index (χ1n) is 9.86. The molecule has 0 unspecified atom stereocenters. The molecule has 1 aliphatic heterocycles. The average Bonchev–Trinajstić information content (AvgIpc) is 3.51. The Labute approximate surface area is 157 Å². The summed E-state index contributed by atoms with van der Waals surface area (Å²) in [6.45, 7) is 5.04. The maximum absolute atomic E-state index is 5.77. The molecule has 2 aliphatic rings. The molecule has 3 rings (SSSR count). The first-order valence-corrected chi connectivity index (χ1v) is 9.86. The number of hydrogen-bond acceptors (Lipinski definition) is 3. The van der Waals surface area contributed by atoms with Crippen molar-refractivity contribution in [3.63, 3.8) is 0 Å². The monoisotopic (exact) mass is 359 g/mol. The normalized spacial score (nSPS) is 20.0. The summed E-state index contributed by atoms with van der Waals surface area (Å²) in [5, 5.41) is 3.61. The molecule has 0 atom stereocenters. The van der Waals surface area contributed by atoms with Gasteiger partial charge in [0.05, 0.1) is 6.61 Å². The predicted molar refractivity (Wildman–Crippen MR) is 106 cm³/mol. The van der Waals surface area contributed by atoms with E-state index < -0.39 is 0 Å². The van der Waals surface area contributed by atoms with Gasteiger partial charge in [0.15, 0.2) is 5.96 Å². The molecule has 0 amide bonds. The van der Waals surface area contributed by atoms with Crippen molar-refractivity contribution in [2.45, 2.75) is 31.1 Å². The van der Waals surface area contributed by atoms with Crippen LogP contribution in [0.2, 0.25) is 0 Å². The maximum Gasteiger partial charge on any atom is 0.193 e. The average molecular weight is 360 g/mol. The third kappa shape index (κ3) is 5.21. The smallest absolute Gasteiger partial charge is 0.193 e. The van der Waals surface area contributed by atoms with Crippen molar-refractivity contribution >= 4 is 5.96 Å². The summed E-state index contributed by atoms with van der Waals surface area (Å²) < 4.78 is 11.4. The van der Waals surface area contributed by atoms with Gasteiger partial charge in [0.1, 0.15) is 0 Å². The van der Waals surface area contributed by atoms with E-state index in [0.29, 0.717) is 0 Å². The first-order chi connectivity index (χ1) is 12.7. The second kappa shape index (κ2) is 9.38. The van der Waals surface area contributed by atoms with Crippen LogP contribution in [0.25, 0.3) is 0 Å². The third-order valence-electron chi connectivity index (χ3n) is 5.62. The van der Waals surface area contributed by atoms with Crippen LogP contribution in [-0.4, -0.2) is 64.5 Å². The molecule has 1 saturated carbocycles. The summed E-state index contributed by atoms with van der Waals surface area (Å²) in [5.41, 5.74) is 1.50. The van der Waals surface area contributed by atoms with E-state index in [1.807, 2.05) is 7.05 Å². The van der Waals surface area contributed by atoms with Gasteiger partial charge in [-0.3, -0.25) is 4.99 Å². The molecule has 5 heteroatoms. The molecule has 1 heterocycles. The molecule has 1 aromatic carbocycles.